The summed E-state index contributed by atoms with van der Waals surface area (Å²) in [6.45, 7) is 5.65. The summed E-state index contributed by atoms with van der Waals surface area (Å²) in [6.07, 6.45) is -10.8. The second kappa shape index (κ2) is 13.7. The molecular weight excluding hydrogens is 502 g/mol. The van der Waals surface area contributed by atoms with Gasteiger partial charge in [0.15, 0.2) is 6.10 Å². The van der Waals surface area contributed by atoms with Crippen LogP contribution in [-0.2, 0) is 28.4 Å². The number of rotatable bonds is 9. The van der Waals surface area contributed by atoms with Crippen LogP contribution in [0.1, 0.15) is 23.6 Å². The summed E-state index contributed by atoms with van der Waals surface area (Å²) >= 11 is 0. The average Bonchev–Trinajstić information content (AvgIpc) is 2.85. The lowest BCUT2D eigenvalue weighted by Crippen LogP contribution is -2.31. The molecule has 200 valence electrons. The number of alkyl halides is 6. The van der Waals surface area contributed by atoms with Crippen LogP contribution in [0.3, 0.4) is 0 Å². The van der Waals surface area contributed by atoms with Crippen molar-refractivity contribution in [2.75, 3.05) is 6.61 Å². The fourth-order valence-electron chi connectivity index (χ4n) is 2.78. The van der Waals surface area contributed by atoms with Gasteiger partial charge in [0.2, 0.25) is 6.29 Å². The average molecular weight is 528 g/mol. The Balaban J connectivity index is 0.000000402. The van der Waals surface area contributed by atoms with Crippen LogP contribution in [-0.4, -0.2) is 24.1 Å². The first-order chi connectivity index (χ1) is 17.4. The van der Waals surface area contributed by atoms with Crippen molar-refractivity contribution in [3.8, 4) is 5.75 Å². The quantitative estimate of drug-likeness (QED) is 0.181. The van der Waals surface area contributed by atoms with Gasteiger partial charge >= 0.3 is 12.4 Å². The lowest BCUT2D eigenvalue weighted by atomic mass is 10.2. The second-order valence-corrected chi connectivity index (χ2v) is 7.73. The molecule has 0 aliphatic heterocycles. The third kappa shape index (κ3) is 11.0. The molecule has 0 spiro atoms. The van der Waals surface area contributed by atoms with E-state index in [-0.39, 0.29) is 18.1 Å². The van der Waals surface area contributed by atoms with Gasteiger partial charge in [-0.15, -0.1) is 0 Å². The minimum absolute atomic E-state index is 0.0823. The highest BCUT2D eigenvalue weighted by atomic mass is 19.4. The number of aliphatic hydroxyl groups is 1. The standard InChI is InChI=1S/C20H21F3O4.C7H5F3/c1-14(12-25-13-16-6-4-3-5-7-16)26-19(24)15(2)27-18-10-8-17(9-11-18)20(21,22)23;8-7(9,10)6-4-2-1-3-5-6/h3-11,15,19,24H,1,12-13H2,2H3;1-5H. The van der Waals surface area contributed by atoms with Gasteiger partial charge in [0.1, 0.15) is 18.1 Å². The van der Waals surface area contributed by atoms with Gasteiger partial charge in [-0.25, -0.2) is 0 Å². The summed E-state index contributed by atoms with van der Waals surface area (Å²) in [5, 5.41) is 10.0. The molecule has 0 bridgehead atoms. The summed E-state index contributed by atoms with van der Waals surface area (Å²) in [5.74, 6) is 0.394. The van der Waals surface area contributed by atoms with Crippen molar-refractivity contribution in [2.24, 2.45) is 0 Å². The first kappa shape index (κ1) is 29.7. The first-order valence-corrected chi connectivity index (χ1v) is 11.0. The van der Waals surface area contributed by atoms with E-state index in [1.54, 1.807) is 6.07 Å². The van der Waals surface area contributed by atoms with Gasteiger partial charge in [-0.2, -0.15) is 26.3 Å². The Morgan fingerprint density at radius 1 is 0.784 bits per heavy atom. The number of hydrogen-bond acceptors (Lipinski definition) is 4. The van der Waals surface area contributed by atoms with E-state index >= 15 is 0 Å². The molecule has 1 N–H and O–H groups in total. The van der Waals surface area contributed by atoms with Crippen LogP contribution in [0.5, 0.6) is 5.75 Å². The Hall–Kier alpha value is -3.50. The Bertz CT molecular complexity index is 1070. The first-order valence-electron chi connectivity index (χ1n) is 11.0. The van der Waals surface area contributed by atoms with E-state index in [2.05, 4.69) is 6.58 Å². The van der Waals surface area contributed by atoms with Gasteiger partial charge in [0.25, 0.3) is 0 Å². The van der Waals surface area contributed by atoms with Gasteiger partial charge in [-0.05, 0) is 36.8 Å². The normalized spacial score (nSPS) is 13.1. The van der Waals surface area contributed by atoms with Crippen molar-refractivity contribution in [1.82, 2.24) is 0 Å². The van der Waals surface area contributed by atoms with Crippen LogP contribution in [0.25, 0.3) is 0 Å². The molecule has 0 radical (unpaired) electrons. The highest BCUT2D eigenvalue weighted by Gasteiger charge is 2.30. The summed E-state index contributed by atoms with van der Waals surface area (Å²) in [5.41, 5.74) is -0.386. The molecule has 10 heteroatoms. The lowest BCUT2D eigenvalue weighted by molar-refractivity contribution is -0.138. The number of aliphatic hydroxyl groups excluding tert-OH is 1. The smallest absolute Gasteiger partial charge is 0.416 e. The molecule has 3 aromatic rings. The highest BCUT2D eigenvalue weighted by molar-refractivity contribution is 5.29. The molecule has 2 unspecified atom stereocenters. The Morgan fingerprint density at radius 2 is 1.27 bits per heavy atom. The third-order valence-electron chi connectivity index (χ3n) is 4.67. The predicted octanol–water partition coefficient (Wildman–Crippen LogP) is 7.24. The molecule has 37 heavy (non-hydrogen) atoms. The summed E-state index contributed by atoms with van der Waals surface area (Å²) in [4.78, 5) is 0. The van der Waals surface area contributed by atoms with Crippen molar-refractivity contribution >= 4 is 0 Å². The molecule has 3 rings (SSSR count). The van der Waals surface area contributed by atoms with Crippen LogP contribution in [0.15, 0.2) is 97.3 Å². The maximum atomic E-state index is 12.5. The lowest BCUT2D eigenvalue weighted by Gasteiger charge is -2.22. The van der Waals surface area contributed by atoms with Gasteiger partial charge in [0, 0.05) is 0 Å². The van der Waals surface area contributed by atoms with Gasteiger partial charge in [-0.1, -0.05) is 67.2 Å². The largest absolute Gasteiger partial charge is 0.484 e. The van der Waals surface area contributed by atoms with Gasteiger partial charge < -0.3 is 19.3 Å². The molecule has 0 heterocycles. The minimum Gasteiger partial charge on any atom is -0.484 e. The third-order valence-corrected chi connectivity index (χ3v) is 4.67. The topological polar surface area (TPSA) is 47.9 Å². The number of ether oxygens (including phenoxy) is 3. The zero-order valence-electron chi connectivity index (χ0n) is 19.8. The van der Waals surface area contributed by atoms with E-state index in [0.717, 1.165) is 29.8 Å². The molecule has 2 atom stereocenters. The van der Waals surface area contributed by atoms with Crippen molar-refractivity contribution < 1.29 is 45.7 Å². The summed E-state index contributed by atoms with van der Waals surface area (Å²) < 4.78 is 89.1. The second-order valence-electron chi connectivity index (χ2n) is 7.73. The summed E-state index contributed by atoms with van der Waals surface area (Å²) in [7, 11) is 0. The van der Waals surface area contributed by atoms with E-state index < -0.39 is 35.9 Å². The van der Waals surface area contributed by atoms with E-state index in [9.17, 15) is 31.4 Å². The SMILES string of the molecule is C=C(COCc1ccccc1)OC(O)C(C)Oc1ccc(C(F)(F)F)cc1.FC(F)(F)c1ccccc1. The number of hydrogen-bond donors (Lipinski definition) is 1. The van der Waals surface area contributed by atoms with Crippen LogP contribution < -0.4 is 4.74 Å². The molecule has 0 aliphatic carbocycles. The van der Waals surface area contributed by atoms with E-state index in [0.29, 0.717) is 6.61 Å². The maximum absolute atomic E-state index is 12.5. The Kier molecular flexibility index (Phi) is 11.0. The molecule has 0 saturated carbocycles. The molecular formula is C27H26F6O4. The zero-order chi connectivity index (χ0) is 27.5. The van der Waals surface area contributed by atoms with E-state index in [4.69, 9.17) is 14.2 Å². The Labute approximate surface area is 210 Å². The molecule has 0 aliphatic rings. The van der Waals surface area contributed by atoms with E-state index in [1.165, 1.54) is 31.2 Å². The van der Waals surface area contributed by atoms with Crippen LogP contribution in [0.4, 0.5) is 26.3 Å². The van der Waals surface area contributed by atoms with Gasteiger partial charge in [-0.3, -0.25) is 0 Å². The van der Waals surface area contributed by atoms with Crippen molar-refractivity contribution in [3.63, 3.8) is 0 Å². The van der Waals surface area contributed by atoms with E-state index in [1.807, 2.05) is 30.3 Å². The maximum Gasteiger partial charge on any atom is 0.416 e. The van der Waals surface area contributed by atoms with Crippen molar-refractivity contribution in [2.45, 2.75) is 38.3 Å². The predicted molar refractivity (Wildman–Crippen MR) is 125 cm³/mol. The molecule has 0 saturated heterocycles. The molecule has 0 fully saturated rings. The monoisotopic (exact) mass is 528 g/mol. The minimum atomic E-state index is -4.41. The van der Waals surface area contributed by atoms with Crippen LogP contribution in [0.2, 0.25) is 0 Å². The van der Waals surface area contributed by atoms with Gasteiger partial charge in [0.05, 0.1) is 17.7 Å². The number of halogens is 6. The molecule has 3 aromatic carbocycles. The Morgan fingerprint density at radius 3 is 1.76 bits per heavy atom. The van der Waals surface area contributed by atoms with Crippen molar-refractivity contribution in [3.05, 3.63) is 114 Å². The zero-order valence-corrected chi connectivity index (χ0v) is 19.8. The fourth-order valence-corrected chi connectivity index (χ4v) is 2.78. The molecule has 4 nitrogen and oxygen atoms in total. The fraction of sp³-hybridized carbons (Fsp3) is 0.259. The number of benzene rings is 3. The molecule has 0 aromatic heterocycles. The summed E-state index contributed by atoms with van der Waals surface area (Å²) in [6, 6.07) is 20.1. The highest BCUT2D eigenvalue weighted by Crippen LogP contribution is 2.30. The van der Waals surface area contributed by atoms with Crippen LogP contribution >= 0.6 is 0 Å². The molecule has 0 amide bonds. The van der Waals surface area contributed by atoms with Crippen molar-refractivity contribution in [1.29, 1.82) is 0 Å². The van der Waals surface area contributed by atoms with Crippen LogP contribution in [0, 0.1) is 0 Å².